The average molecular weight is 238 g/mol. The summed E-state index contributed by atoms with van der Waals surface area (Å²) in [6.45, 7) is 9.44. The molecule has 0 aliphatic carbocycles. The fourth-order valence-electron chi connectivity index (χ4n) is 1.84. The van der Waals surface area contributed by atoms with Crippen LogP contribution in [0.25, 0.3) is 0 Å². The van der Waals surface area contributed by atoms with Crippen LogP contribution in [-0.2, 0) is 20.2 Å². The van der Waals surface area contributed by atoms with Crippen molar-refractivity contribution in [3.63, 3.8) is 0 Å². The maximum absolute atomic E-state index is 5.73. The second kappa shape index (κ2) is 6.74. The van der Waals surface area contributed by atoms with E-state index in [1.807, 2.05) is 52.0 Å². The lowest BCUT2D eigenvalue weighted by Crippen LogP contribution is -2.37. The summed E-state index contributed by atoms with van der Waals surface area (Å²) in [6.07, 6.45) is 0. The molecule has 0 N–H and O–H groups in total. The van der Waals surface area contributed by atoms with Gasteiger partial charge in [-0.05, 0) is 33.3 Å². The normalized spacial score (nSPS) is 11.8. The van der Waals surface area contributed by atoms with E-state index in [0.717, 1.165) is 11.1 Å². The predicted octanol–water partition coefficient (Wildman–Crippen LogP) is 3.21. The van der Waals surface area contributed by atoms with Crippen LogP contribution in [0.5, 0.6) is 0 Å². The highest BCUT2D eigenvalue weighted by molar-refractivity contribution is 5.28. The Morgan fingerprint density at radius 2 is 1.35 bits per heavy atom. The second-order valence-corrected chi connectivity index (χ2v) is 3.67. The Labute approximate surface area is 104 Å². The number of hydrogen-bond acceptors (Lipinski definition) is 3. The fraction of sp³-hybridized carbons (Fsp3) is 0.571. The van der Waals surface area contributed by atoms with Crippen molar-refractivity contribution in [2.75, 3.05) is 19.8 Å². The number of hydrogen-bond donors (Lipinski definition) is 0. The van der Waals surface area contributed by atoms with Crippen molar-refractivity contribution in [3.8, 4) is 0 Å². The minimum absolute atomic E-state index is 0.536. The van der Waals surface area contributed by atoms with Gasteiger partial charge in [-0.3, -0.25) is 0 Å². The maximum Gasteiger partial charge on any atom is 0.312 e. The molecule has 17 heavy (non-hydrogen) atoms. The van der Waals surface area contributed by atoms with E-state index in [4.69, 9.17) is 14.2 Å². The van der Waals surface area contributed by atoms with Crippen LogP contribution in [0.3, 0.4) is 0 Å². The van der Waals surface area contributed by atoms with Crippen molar-refractivity contribution in [2.45, 2.75) is 33.7 Å². The van der Waals surface area contributed by atoms with Gasteiger partial charge in [0.05, 0.1) is 0 Å². The van der Waals surface area contributed by atoms with Crippen molar-refractivity contribution in [2.24, 2.45) is 0 Å². The van der Waals surface area contributed by atoms with Crippen molar-refractivity contribution >= 4 is 0 Å². The van der Waals surface area contributed by atoms with E-state index in [-0.39, 0.29) is 0 Å². The highest BCUT2D eigenvalue weighted by Crippen LogP contribution is 2.31. The van der Waals surface area contributed by atoms with E-state index in [0.29, 0.717) is 19.8 Å². The minimum Gasteiger partial charge on any atom is -0.324 e. The summed E-state index contributed by atoms with van der Waals surface area (Å²) in [4.78, 5) is 0. The molecule has 1 aromatic rings. The third-order valence-electron chi connectivity index (χ3n) is 2.48. The van der Waals surface area contributed by atoms with Gasteiger partial charge in [-0.15, -0.1) is 0 Å². The number of benzene rings is 1. The van der Waals surface area contributed by atoms with E-state index in [1.54, 1.807) is 0 Å². The first kappa shape index (κ1) is 14.2. The van der Waals surface area contributed by atoms with Crippen LogP contribution in [-0.4, -0.2) is 19.8 Å². The third kappa shape index (κ3) is 3.28. The zero-order valence-corrected chi connectivity index (χ0v) is 11.2. The molecular weight excluding hydrogens is 216 g/mol. The zero-order chi connectivity index (χ0) is 12.7. The molecule has 0 radical (unpaired) electrons. The molecule has 0 spiro atoms. The molecule has 1 rings (SSSR count). The first-order valence-corrected chi connectivity index (χ1v) is 6.18. The molecule has 0 saturated heterocycles. The quantitative estimate of drug-likeness (QED) is 0.683. The van der Waals surface area contributed by atoms with Crippen molar-refractivity contribution in [1.82, 2.24) is 0 Å². The molecular formula is C14H22O3. The molecule has 0 aromatic heterocycles. The summed E-state index contributed by atoms with van der Waals surface area (Å²) in [5.74, 6) is -1.07. The van der Waals surface area contributed by atoms with E-state index in [9.17, 15) is 0 Å². The molecule has 0 unspecified atom stereocenters. The highest BCUT2D eigenvalue weighted by Gasteiger charge is 2.36. The summed E-state index contributed by atoms with van der Waals surface area (Å²) in [5.41, 5.74) is 2.04. The lowest BCUT2D eigenvalue weighted by molar-refractivity contribution is -0.389. The molecule has 3 nitrogen and oxygen atoms in total. The van der Waals surface area contributed by atoms with Crippen molar-refractivity contribution in [1.29, 1.82) is 0 Å². The molecule has 1 aromatic carbocycles. The van der Waals surface area contributed by atoms with Gasteiger partial charge < -0.3 is 14.2 Å². The standard InChI is InChI=1S/C14H22O3/c1-5-15-14(16-6-2,17-7-3)13-11-9-8-10-12(13)4/h8-11H,5-7H2,1-4H3. The molecule has 3 heteroatoms. The van der Waals surface area contributed by atoms with Gasteiger partial charge in [0.15, 0.2) is 0 Å². The SMILES string of the molecule is CCOC(OCC)(OCC)c1ccccc1C. The van der Waals surface area contributed by atoms with Crippen molar-refractivity contribution in [3.05, 3.63) is 35.4 Å². The van der Waals surface area contributed by atoms with Gasteiger partial charge in [0, 0.05) is 25.4 Å². The van der Waals surface area contributed by atoms with Gasteiger partial charge in [-0.25, -0.2) is 0 Å². The van der Waals surface area contributed by atoms with Crippen LogP contribution in [0.4, 0.5) is 0 Å². The Kier molecular flexibility index (Phi) is 5.62. The molecule has 0 bridgehead atoms. The first-order valence-electron chi connectivity index (χ1n) is 6.18. The van der Waals surface area contributed by atoms with Crippen LogP contribution in [0.15, 0.2) is 24.3 Å². The van der Waals surface area contributed by atoms with E-state index in [2.05, 4.69) is 0 Å². The van der Waals surface area contributed by atoms with Crippen LogP contribution < -0.4 is 0 Å². The summed E-state index contributed by atoms with van der Waals surface area (Å²) in [6, 6.07) is 7.97. The van der Waals surface area contributed by atoms with Gasteiger partial charge in [0.1, 0.15) is 0 Å². The van der Waals surface area contributed by atoms with Gasteiger partial charge in [0.2, 0.25) is 0 Å². The largest absolute Gasteiger partial charge is 0.324 e. The summed E-state index contributed by atoms with van der Waals surface area (Å²) < 4.78 is 17.2. The maximum atomic E-state index is 5.73. The Bertz CT molecular complexity index is 319. The molecule has 0 amide bonds. The van der Waals surface area contributed by atoms with Crippen LogP contribution >= 0.6 is 0 Å². The number of rotatable bonds is 7. The topological polar surface area (TPSA) is 27.7 Å². The molecule has 96 valence electrons. The van der Waals surface area contributed by atoms with Crippen molar-refractivity contribution < 1.29 is 14.2 Å². The number of ether oxygens (including phenoxy) is 3. The van der Waals surface area contributed by atoms with Crippen LogP contribution in [0.1, 0.15) is 31.9 Å². The molecule has 0 aliphatic rings. The Morgan fingerprint density at radius 1 is 0.882 bits per heavy atom. The second-order valence-electron chi connectivity index (χ2n) is 3.67. The first-order chi connectivity index (χ1) is 8.20. The zero-order valence-electron chi connectivity index (χ0n) is 11.2. The molecule has 0 atom stereocenters. The van der Waals surface area contributed by atoms with E-state index in [1.165, 1.54) is 0 Å². The lowest BCUT2D eigenvalue weighted by Gasteiger charge is -2.33. The lowest BCUT2D eigenvalue weighted by atomic mass is 10.1. The van der Waals surface area contributed by atoms with Gasteiger partial charge in [-0.2, -0.15) is 0 Å². The van der Waals surface area contributed by atoms with Crippen LogP contribution in [0, 0.1) is 6.92 Å². The van der Waals surface area contributed by atoms with Gasteiger partial charge >= 0.3 is 5.97 Å². The molecule has 0 aliphatic heterocycles. The smallest absolute Gasteiger partial charge is 0.312 e. The highest BCUT2D eigenvalue weighted by atomic mass is 16.9. The Balaban J connectivity index is 3.14. The van der Waals surface area contributed by atoms with E-state index >= 15 is 0 Å². The van der Waals surface area contributed by atoms with Crippen LogP contribution in [0.2, 0.25) is 0 Å². The monoisotopic (exact) mass is 238 g/mol. The van der Waals surface area contributed by atoms with E-state index < -0.39 is 5.97 Å². The Hall–Kier alpha value is -0.900. The minimum atomic E-state index is -1.07. The molecule has 0 fully saturated rings. The fourth-order valence-corrected chi connectivity index (χ4v) is 1.84. The summed E-state index contributed by atoms with van der Waals surface area (Å²) in [7, 11) is 0. The summed E-state index contributed by atoms with van der Waals surface area (Å²) >= 11 is 0. The predicted molar refractivity (Wildman–Crippen MR) is 67.7 cm³/mol. The number of aryl methyl sites for hydroxylation is 1. The molecule has 0 heterocycles. The third-order valence-corrected chi connectivity index (χ3v) is 2.48. The van der Waals surface area contributed by atoms with Gasteiger partial charge in [0.25, 0.3) is 0 Å². The Morgan fingerprint density at radius 3 is 1.76 bits per heavy atom. The molecule has 0 saturated carbocycles. The average Bonchev–Trinajstić information content (AvgIpc) is 2.30. The van der Waals surface area contributed by atoms with Gasteiger partial charge in [-0.1, -0.05) is 24.3 Å². The summed E-state index contributed by atoms with van der Waals surface area (Å²) in [5, 5.41) is 0.